The first-order chi connectivity index (χ1) is 19.0. The molecule has 0 atom stereocenters. The van der Waals surface area contributed by atoms with Crippen molar-refractivity contribution < 1.29 is 0 Å². The molecule has 5 aromatic carbocycles. The Morgan fingerprint density at radius 3 is 2.05 bits per heavy atom. The lowest BCUT2D eigenvalue weighted by Crippen LogP contribution is -1.99. The quantitative estimate of drug-likeness (QED) is 0.195. The summed E-state index contributed by atoms with van der Waals surface area (Å²) in [5.41, 5.74) is 11.0. The van der Waals surface area contributed by atoms with E-state index >= 15 is 0 Å². The van der Waals surface area contributed by atoms with Gasteiger partial charge in [-0.2, -0.15) is 0 Å². The van der Waals surface area contributed by atoms with Gasteiger partial charge in [-0.25, -0.2) is 0 Å². The van der Waals surface area contributed by atoms with Crippen LogP contribution in [-0.4, -0.2) is 0 Å². The Morgan fingerprint density at radius 2 is 1.38 bits per heavy atom. The largest absolute Gasteiger partial charge is 0.0985 e. The number of hydrogen-bond acceptors (Lipinski definition) is 0. The summed E-state index contributed by atoms with van der Waals surface area (Å²) in [4.78, 5) is 0. The molecular formula is C39H42. The van der Waals surface area contributed by atoms with Crippen molar-refractivity contribution in [2.75, 3.05) is 0 Å². The SMILES string of the molecule is C=Cc1cc2c(CCC)cc(CC)c(CC)c2cc1C.C=Cc1ccc2cc(Cc3ccccc3)ccc2c1. The van der Waals surface area contributed by atoms with Gasteiger partial charge in [0, 0.05) is 0 Å². The van der Waals surface area contributed by atoms with Gasteiger partial charge in [0.2, 0.25) is 0 Å². The molecule has 0 saturated carbocycles. The standard InChI is InChI=1S/C20H26.C19H16/c1-6-10-17-12-16(8-3)18(9-4)20-11-14(5)15(7-2)13-19(17)20;1-2-15-8-10-19-14-17(9-11-18(19)13-15)12-16-6-4-3-5-7-16/h7,11-13H,2,6,8-10H2,1,3-5H3;2-11,13-14H,1,12H2. The lowest BCUT2D eigenvalue weighted by atomic mass is 9.88. The van der Waals surface area contributed by atoms with Gasteiger partial charge in [-0.3, -0.25) is 0 Å². The molecule has 0 aromatic heterocycles. The summed E-state index contributed by atoms with van der Waals surface area (Å²) in [6.07, 6.45) is 9.44. The highest BCUT2D eigenvalue weighted by Crippen LogP contribution is 2.31. The molecule has 0 unspecified atom stereocenters. The molecule has 39 heavy (non-hydrogen) atoms. The van der Waals surface area contributed by atoms with Gasteiger partial charge in [-0.15, -0.1) is 0 Å². The van der Waals surface area contributed by atoms with Crippen molar-refractivity contribution in [1.82, 2.24) is 0 Å². The van der Waals surface area contributed by atoms with Crippen LogP contribution in [0.1, 0.15) is 71.7 Å². The highest BCUT2D eigenvalue weighted by atomic mass is 14.2. The van der Waals surface area contributed by atoms with Gasteiger partial charge in [0.1, 0.15) is 0 Å². The molecule has 0 N–H and O–H groups in total. The highest BCUT2D eigenvalue weighted by molar-refractivity contribution is 5.92. The second kappa shape index (κ2) is 13.3. The van der Waals surface area contributed by atoms with Crippen molar-refractivity contribution in [2.45, 2.75) is 59.8 Å². The molecule has 0 amide bonds. The summed E-state index contributed by atoms with van der Waals surface area (Å²) in [6.45, 7) is 16.7. The van der Waals surface area contributed by atoms with Crippen LogP contribution >= 0.6 is 0 Å². The van der Waals surface area contributed by atoms with E-state index in [1.54, 1.807) is 0 Å². The molecule has 0 heterocycles. The van der Waals surface area contributed by atoms with E-state index < -0.39 is 0 Å². The molecule has 0 nitrogen and oxygen atoms in total. The van der Waals surface area contributed by atoms with Gasteiger partial charge in [0.15, 0.2) is 0 Å². The summed E-state index contributed by atoms with van der Waals surface area (Å²) in [5.74, 6) is 0. The number of benzene rings is 5. The third kappa shape index (κ3) is 6.58. The fourth-order valence-corrected chi connectivity index (χ4v) is 5.60. The smallest absolute Gasteiger partial charge is 0.00256 e. The van der Waals surface area contributed by atoms with E-state index in [9.17, 15) is 0 Å². The Morgan fingerprint density at radius 1 is 0.641 bits per heavy atom. The topological polar surface area (TPSA) is 0 Å². The number of aryl methyl sites for hydroxylation is 4. The highest BCUT2D eigenvalue weighted by Gasteiger charge is 2.11. The van der Waals surface area contributed by atoms with Crippen molar-refractivity contribution in [1.29, 1.82) is 0 Å². The molecule has 0 fully saturated rings. The second-order valence-electron chi connectivity index (χ2n) is 10.4. The van der Waals surface area contributed by atoms with E-state index in [-0.39, 0.29) is 0 Å². The molecule has 0 aliphatic carbocycles. The van der Waals surface area contributed by atoms with Gasteiger partial charge in [0.25, 0.3) is 0 Å². The van der Waals surface area contributed by atoms with E-state index in [4.69, 9.17) is 0 Å². The number of fused-ring (bicyclic) bond motifs is 2. The molecule has 0 spiro atoms. The lowest BCUT2D eigenvalue weighted by molar-refractivity contribution is 0.922. The zero-order chi connectivity index (χ0) is 27.8. The van der Waals surface area contributed by atoms with Gasteiger partial charge < -0.3 is 0 Å². The van der Waals surface area contributed by atoms with Crippen LogP contribution in [0.25, 0.3) is 33.7 Å². The van der Waals surface area contributed by atoms with Crippen molar-refractivity contribution in [3.05, 3.63) is 143 Å². The van der Waals surface area contributed by atoms with Crippen molar-refractivity contribution in [2.24, 2.45) is 0 Å². The van der Waals surface area contributed by atoms with Crippen LogP contribution in [0.15, 0.2) is 98.1 Å². The van der Waals surface area contributed by atoms with Crippen molar-refractivity contribution in [3.8, 4) is 0 Å². The molecule has 0 aliphatic heterocycles. The van der Waals surface area contributed by atoms with Gasteiger partial charge >= 0.3 is 0 Å². The van der Waals surface area contributed by atoms with E-state index in [1.165, 1.54) is 72.5 Å². The Labute approximate surface area is 235 Å². The number of rotatable bonds is 8. The minimum absolute atomic E-state index is 0.986. The summed E-state index contributed by atoms with van der Waals surface area (Å²) in [7, 11) is 0. The fourth-order valence-electron chi connectivity index (χ4n) is 5.60. The third-order valence-corrected chi connectivity index (χ3v) is 7.70. The summed E-state index contributed by atoms with van der Waals surface area (Å²) in [6, 6.07) is 30.9. The van der Waals surface area contributed by atoms with Gasteiger partial charge in [-0.1, -0.05) is 125 Å². The first-order valence-corrected chi connectivity index (χ1v) is 14.4. The minimum atomic E-state index is 0.986. The molecular weight excluding hydrogens is 468 g/mol. The maximum absolute atomic E-state index is 3.95. The van der Waals surface area contributed by atoms with Crippen LogP contribution in [0.3, 0.4) is 0 Å². The second-order valence-corrected chi connectivity index (χ2v) is 10.4. The Kier molecular flexibility index (Phi) is 9.55. The Balaban J connectivity index is 0.000000181. The Bertz CT molecular complexity index is 1580. The zero-order valence-electron chi connectivity index (χ0n) is 24.2. The van der Waals surface area contributed by atoms with Crippen LogP contribution in [0.2, 0.25) is 0 Å². The van der Waals surface area contributed by atoms with Crippen LogP contribution in [0, 0.1) is 6.92 Å². The normalized spacial score (nSPS) is 10.8. The summed E-state index contributed by atoms with van der Waals surface area (Å²) in [5, 5.41) is 5.45. The summed E-state index contributed by atoms with van der Waals surface area (Å²) >= 11 is 0. The first kappa shape index (κ1) is 28.1. The Hall–Kier alpha value is -3.90. The predicted octanol–water partition coefficient (Wildman–Crippen LogP) is 10.9. The van der Waals surface area contributed by atoms with Crippen molar-refractivity contribution >= 4 is 33.7 Å². The fraction of sp³-hybridized carbons (Fsp3) is 0.231. The molecule has 5 rings (SSSR count). The maximum Gasteiger partial charge on any atom is -0.00256 e. The third-order valence-electron chi connectivity index (χ3n) is 7.70. The average Bonchev–Trinajstić information content (AvgIpc) is 2.97. The molecule has 5 aromatic rings. The van der Waals surface area contributed by atoms with Crippen LogP contribution in [0.5, 0.6) is 0 Å². The van der Waals surface area contributed by atoms with Crippen LogP contribution < -0.4 is 0 Å². The lowest BCUT2D eigenvalue weighted by Gasteiger charge is -2.17. The summed E-state index contributed by atoms with van der Waals surface area (Å²) < 4.78 is 0. The number of hydrogen-bond donors (Lipinski definition) is 0. The molecule has 0 aliphatic rings. The van der Waals surface area contributed by atoms with E-state index in [2.05, 4.69) is 126 Å². The molecule has 0 heteroatoms. The molecule has 0 bridgehead atoms. The molecule has 0 saturated heterocycles. The molecule has 198 valence electrons. The maximum atomic E-state index is 3.95. The van der Waals surface area contributed by atoms with E-state index in [1.807, 2.05) is 12.2 Å². The van der Waals surface area contributed by atoms with E-state index in [0.717, 1.165) is 25.7 Å². The predicted molar refractivity (Wildman–Crippen MR) is 175 cm³/mol. The van der Waals surface area contributed by atoms with Crippen LogP contribution in [0.4, 0.5) is 0 Å². The monoisotopic (exact) mass is 510 g/mol. The van der Waals surface area contributed by atoms with Gasteiger partial charge in [-0.05, 0) is 111 Å². The molecule has 0 radical (unpaired) electrons. The zero-order valence-corrected chi connectivity index (χ0v) is 24.2. The van der Waals surface area contributed by atoms with Crippen molar-refractivity contribution in [3.63, 3.8) is 0 Å². The van der Waals surface area contributed by atoms with E-state index in [0.29, 0.717) is 0 Å². The van der Waals surface area contributed by atoms with Gasteiger partial charge in [0.05, 0.1) is 0 Å². The first-order valence-electron chi connectivity index (χ1n) is 14.4. The van der Waals surface area contributed by atoms with Crippen LogP contribution in [-0.2, 0) is 25.7 Å². The minimum Gasteiger partial charge on any atom is -0.0985 e. The average molecular weight is 511 g/mol.